The van der Waals surface area contributed by atoms with Gasteiger partial charge in [-0.3, -0.25) is 9.89 Å². The smallest absolute Gasteiger partial charge is 0.261 e. The molecule has 3 heterocycles. The van der Waals surface area contributed by atoms with Crippen LogP contribution in [0.2, 0.25) is 5.02 Å². The van der Waals surface area contributed by atoms with Crippen molar-refractivity contribution in [3.05, 3.63) is 69.1 Å². The maximum Gasteiger partial charge on any atom is 0.261 e. The number of benzene rings is 2. The Morgan fingerprint density at radius 3 is 2.83 bits per heavy atom. The molecule has 2 aromatic heterocycles. The molecule has 2 N–H and O–H groups in total. The number of H-pyrrole nitrogens is 2. The largest absolute Gasteiger partial charge is 0.310 e. The van der Waals surface area contributed by atoms with Crippen molar-refractivity contribution in [2.45, 2.75) is 25.2 Å². The number of aromatic amines is 2. The van der Waals surface area contributed by atoms with Crippen molar-refractivity contribution in [2.24, 2.45) is 0 Å². The summed E-state index contributed by atoms with van der Waals surface area (Å²) >= 11 is 6.12. The number of aromatic nitrogens is 4. The fourth-order valence-electron chi connectivity index (χ4n) is 4.29. The Morgan fingerprint density at radius 2 is 2.00 bits per heavy atom. The summed E-state index contributed by atoms with van der Waals surface area (Å²) in [5.41, 5.74) is 2.04. The van der Waals surface area contributed by atoms with E-state index in [4.69, 9.17) is 11.6 Å². The third-order valence-corrected chi connectivity index (χ3v) is 6.18. The third kappa shape index (κ3) is 3.59. The molecule has 0 spiro atoms. The van der Waals surface area contributed by atoms with Crippen LogP contribution in [0, 0.1) is 5.82 Å². The Bertz CT molecular complexity index is 1280. The van der Waals surface area contributed by atoms with Crippen molar-refractivity contribution in [1.82, 2.24) is 25.1 Å². The molecule has 8 heteroatoms. The highest BCUT2D eigenvalue weighted by atomic mass is 35.5. The number of piperidine rings is 1. The van der Waals surface area contributed by atoms with E-state index in [1.54, 1.807) is 12.1 Å². The van der Waals surface area contributed by atoms with E-state index in [0.717, 1.165) is 55.5 Å². The van der Waals surface area contributed by atoms with Crippen molar-refractivity contribution in [1.29, 1.82) is 0 Å². The molecule has 0 atom stereocenters. The van der Waals surface area contributed by atoms with Crippen LogP contribution < -0.4 is 5.56 Å². The van der Waals surface area contributed by atoms with Crippen molar-refractivity contribution in [3.63, 3.8) is 0 Å². The molecule has 6 nitrogen and oxygen atoms in total. The topological polar surface area (TPSA) is 77.7 Å². The maximum atomic E-state index is 13.9. The normalized spacial score (nSPS) is 15.9. The van der Waals surface area contributed by atoms with Gasteiger partial charge in [-0.25, -0.2) is 9.37 Å². The summed E-state index contributed by atoms with van der Waals surface area (Å²) in [6.45, 7) is 2.76. The van der Waals surface area contributed by atoms with Crippen LogP contribution in [0.25, 0.3) is 21.8 Å². The van der Waals surface area contributed by atoms with Crippen LogP contribution in [0.1, 0.15) is 30.3 Å². The second kappa shape index (κ2) is 7.81. The Morgan fingerprint density at radius 1 is 1.17 bits per heavy atom. The Kier molecular flexibility index (Phi) is 5.00. The molecule has 4 aromatic rings. The van der Waals surface area contributed by atoms with Crippen molar-refractivity contribution >= 4 is 33.4 Å². The van der Waals surface area contributed by atoms with Crippen LogP contribution in [0.3, 0.4) is 0 Å². The first kappa shape index (κ1) is 19.2. The van der Waals surface area contributed by atoms with E-state index < -0.39 is 11.4 Å². The number of rotatable bonds is 4. The first-order valence-corrected chi connectivity index (χ1v) is 10.5. The standard InChI is InChI=1S/C22H21ClFN5O/c23-14-4-5-17-15(12-14)18(28-27-17)8-11-29-9-6-13(7-10-29)21-25-19-3-1-2-16(24)20(19)22(30)26-21/h1-5,12-13H,6-11H2,(H,27,28)(H,25,26,30). The van der Waals surface area contributed by atoms with Crippen LogP contribution in [-0.2, 0) is 6.42 Å². The van der Waals surface area contributed by atoms with Gasteiger partial charge in [-0.2, -0.15) is 5.10 Å². The molecule has 1 saturated heterocycles. The molecule has 1 aliphatic heterocycles. The first-order valence-electron chi connectivity index (χ1n) is 10.1. The van der Waals surface area contributed by atoms with Crippen LogP contribution >= 0.6 is 11.6 Å². The molecule has 0 aliphatic carbocycles. The molecule has 154 valence electrons. The van der Waals surface area contributed by atoms with Crippen LogP contribution in [0.4, 0.5) is 4.39 Å². The predicted octanol–water partition coefficient (Wildman–Crippen LogP) is 4.01. The Labute approximate surface area is 177 Å². The molecule has 0 saturated carbocycles. The van der Waals surface area contributed by atoms with Gasteiger partial charge in [0.2, 0.25) is 0 Å². The summed E-state index contributed by atoms with van der Waals surface area (Å²) < 4.78 is 13.9. The van der Waals surface area contributed by atoms with Crippen molar-refractivity contribution in [2.75, 3.05) is 19.6 Å². The van der Waals surface area contributed by atoms with Crippen LogP contribution in [0.15, 0.2) is 41.2 Å². The van der Waals surface area contributed by atoms with Gasteiger partial charge in [0.25, 0.3) is 5.56 Å². The molecule has 30 heavy (non-hydrogen) atoms. The zero-order valence-corrected chi connectivity index (χ0v) is 17.0. The predicted molar refractivity (Wildman–Crippen MR) is 116 cm³/mol. The van der Waals surface area contributed by atoms with E-state index in [0.29, 0.717) is 16.4 Å². The van der Waals surface area contributed by atoms with Gasteiger partial charge < -0.3 is 9.88 Å². The fourth-order valence-corrected chi connectivity index (χ4v) is 4.46. The summed E-state index contributed by atoms with van der Waals surface area (Å²) in [4.78, 5) is 22.1. The minimum Gasteiger partial charge on any atom is -0.310 e. The summed E-state index contributed by atoms with van der Waals surface area (Å²) in [7, 11) is 0. The van der Waals surface area contributed by atoms with Gasteiger partial charge in [0.15, 0.2) is 0 Å². The van der Waals surface area contributed by atoms with Gasteiger partial charge in [-0.15, -0.1) is 0 Å². The third-order valence-electron chi connectivity index (χ3n) is 5.95. The molecule has 0 radical (unpaired) electrons. The van der Waals surface area contributed by atoms with Gasteiger partial charge in [0, 0.05) is 35.0 Å². The van der Waals surface area contributed by atoms with Gasteiger partial charge in [-0.05, 0) is 56.3 Å². The van der Waals surface area contributed by atoms with E-state index in [-0.39, 0.29) is 11.3 Å². The molecular weight excluding hydrogens is 405 g/mol. The SMILES string of the molecule is O=c1[nH]c(C2CCN(CCc3[nH]nc4ccc(Cl)cc34)CC2)nc2cccc(F)c12. The lowest BCUT2D eigenvalue weighted by molar-refractivity contribution is 0.211. The Hall–Kier alpha value is -2.77. The van der Waals surface area contributed by atoms with Gasteiger partial charge in [-0.1, -0.05) is 17.7 Å². The highest BCUT2D eigenvalue weighted by molar-refractivity contribution is 6.31. The molecule has 0 bridgehead atoms. The molecule has 2 aromatic carbocycles. The minimum atomic E-state index is -0.532. The average molecular weight is 426 g/mol. The second-order valence-corrected chi connectivity index (χ2v) is 8.25. The van der Waals surface area contributed by atoms with Gasteiger partial charge in [0.05, 0.1) is 11.0 Å². The average Bonchev–Trinajstić information content (AvgIpc) is 3.14. The van der Waals surface area contributed by atoms with Crippen LogP contribution in [0.5, 0.6) is 0 Å². The number of fused-ring (bicyclic) bond motifs is 2. The summed E-state index contributed by atoms with van der Waals surface area (Å²) in [5.74, 6) is 0.301. The lowest BCUT2D eigenvalue weighted by atomic mass is 9.95. The minimum absolute atomic E-state index is 0.0329. The number of halogens is 2. The zero-order valence-electron chi connectivity index (χ0n) is 16.3. The number of hydrogen-bond donors (Lipinski definition) is 2. The molecule has 1 aliphatic rings. The lowest BCUT2D eigenvalue weighted by Gasteiger charge is -2.31. The fraction of sp³-hybridized carbons (Fsp3) is 0.318. The summed E-state index contributed by atoms with van der Waals surface area (Å²) in [5, 5.41) is 9.29. The number of nitrogens with zero attached hydrogens (tertiary/aromatic N) is 3. The van der Waals surface area contributed by atoms with Gasteiger partial charge >= 0.3 is 0 Å². The quantitative estimate of drug-likeness (QED) is 0.517. The van der Waals surface area contributed by atoms with E-state index in [2.05, 4.69) is 25.1 Å². The van der Waals surface area contributed by atoms with Gasteiger partial charge in [0.1, 0.15) is 17.0 Å². The maximum absolute atomic E-state index is 13.9. The van der Waals surface area contributed by atoms with Crippen LogP contribution in [-0.4, -0.2) is 44.7 Å². The van der Waals surface area contributed by atoms with Crippen molar-refractivity contribution in [3.8, 4) is 0 Å². The summed E-state index contributed by atoms with van der Waals surface area (Å²) in [6, 6.07) is 10.3. The van der Waals surface area contributed by atoms with E-state index in [1.807, 2.05) is 18.2 Å². The number of nitrogens with one attached hydrogen (secondary N) is 2. The highest BCUT2D eigenvalue weighted by Gasteiger charge is 2.23. The molecule has 0 unspecified atom stereocenters. The Balaban J connectivity index is 1.25. The molecule has 0 amide bonds. The number of hydrogen-bond acceptors (Lipinski definition) is 4. The highest BCUT2D eigenvalue weighted by Crippen LogP contribution is 2.27. The molecular formula is C22H21ClFN5O. The van der Waals surface area contributed by atoms with Crippen molar-refractivity contribution < 1.29 is 4.39 Å². The molecule has 5 rings (SSSR count). The van der Waals surface area contributed by atoms with E-state index in [1.165, 1.54) is 6.07 Å². The van der Waals surface area contributed by atoms with E-state index in [9.17, 15) is 9.18 Å². The summed E-state index contributed by atoms with van der Waals surface area (Å²) in [6.07, 6.45) is 2.67. The second-order valence-electron chi connectivity index (χ2n) is 7.81. The van der Waals surface area contributed by atoms with E-state index >= 15 is 0 Å². The zero-order chi connectivity index (χ0) is 20.7. The monoisotopic (exact) mass is 425 g/mol. The lowest BCUT2D eigenvalue weighted by Crippen LogP contribution is -2.35. The first-order chi connectivity index (χ1) is 14.6. The molecule has 1 fully saturated rings. The number of likely N-dealkylation sites (tertiary alicyclic amines) is 1.